The molecule has 1 aliphatic carbocycles. The highest BCUT2D eigenvalue weighted by Gasteiger charge is 2.42. The van der Waals surface area contributed by atoms with E-state index in [4.69, 9.17) is 9.52 Å². The van der Waals surface area contributed by atoms with E-state index < -0.39 is 32.9 Å². The van der Waals surface area contributed by atoms with Crippen LogP contribution in [-0.4, -0.2) is 48.3 Å². The molecule has 8 nitrogen and oxygen atoms in total. The van der Waals surface area contributed by atoms with Crippen LogP contribution in [0.4, 0.5) is 0 Å². The predicted molar refractivity (Wildman–Crippen MR) is 96.8 cm³/mol. The molecular formula is C18H26N2O6S. The molecule has 1 aliphatic heterocycles. The molecule has 1 amide bonds. The summed E-state index contributed by atoms with van der Waals surface area (Å²) < 4.78 is 31.7. The lowest BCUT2D eigenvalue weighted by atomic mass is 9.75. The lowest BCUT2D eigenvalue weighted by molar-refractivity contribution is -0.125. The number of aromatic carboxylic acids is 1. The highest BCUT2D eigenvalue weighted by Crippen LogP contribution is 2.35. The van der Waals surface area contributed by atoms with Gasteiger partial charge in [0.15, 0.2) is 0 Å². The van der Waals surface area contributed by atoms with Crippen molar-refractivity contribution in [3.8, 4) is 0 Å². The molecule has 1 aromatic heterocycles. The van der Waals surface area contributed by atoms with E-state index in [1.165, 1.54) is 0 Å². The smallest absolute Gasteiger partial charge is 0.371 e. The van der Waals surface area contributed by atoms with Crippen LogP contribution in [0.2, 0.25) is 0 Å². The summed E-state index contributed by atoms with van der Waals surface area (Å²) in [6.07, 6.45) is 4.83. The summed E-state index contributed by atoms with van der Waals surface area (Å²) in [5.74, 6) is -2.07. The van der Waals surface area contributed by atoms with E-state index >= 15 is 0 Å². The van der Waals surface area contributed by atoms with E-state index in [1.807, 2.05) is 0 Å². The van der Waals surface area contributed by atoms with Crippen LogP contribution >= 0.6 is 0 Å². The number of rotatable bonds is 5. The average molecular weight is 398 g/mol. The van der Waals surface area contributed by atoms with E-state index in [0.717, 1.165) is 42.1 Å². The molecule has 9 heteroatoms. The van der Waals surface area contributed by atoms with E-state index in [9.17, 15) is 18.0 Å². The summed E-state index contributed by atoms with van der Waals surface area (Å²) in [6.45, 7) is 4.64. The fraction of sp³-hybridized carbons (Fsp3) is 0.667. The quantitative estimate of drug-likeness (QED) is 0.785. The summed E-state index contributed by atoms with van der Waals surface area (Å²) >= 11 is 0. The zero-order valence-electron chi connectivity index (χ0n) is 15.6. The van der Waals surface area contributed by atoms with E-state index in [-0.39, 0.29) is 23.9 Å². The fourth-order valence-electron chi connectivity index (χ4n) is 3.82. The van der Waals surface area contributed by atoms with Gasteiger partial charge in [-0.3, -0.25) is 4.79 Å². The second kappa shape index (κ2) is 7.27. The van der Waals surface area contributed by atoms with Crippen LogP contribution < -0.4 is 5.32 Å². The van der Waals surface area contributed by atoms with Crippen LogP contribution in [0.1, 0.15) is 62.9 Å². The molecule has 2 heterocycles. The summed E-state index contributed by atoms with van der Waals surface area (Å²) in [7, 11) is -4.06. The number of carbonyl (C=O) groups excluding carboxylic acids is 1. The van der Waals surface area contributed by atoms with Crippen LogP contribution in [0.3, 0.4) is 0 Å². The molecule has 2 N–H and O–H groups in total. The second-order valence-electron chi connectivity index (χ2n) is 8.14. The third kappa shape index (κ3) is 4.19. The summed E-state index contributed by atoms with van der Waals surface area (Å²) in [4.78, 5) is 23.7. The van der Waals surface area contributed by atoms with Gasteiger partial charge in [-0.15, -0.1) is 0 Å². The van der Waals surface area contributed by atoms with Gasteiger partial charge in [0, 0.05) is 12.6 Å². The zero-order chi connectivity index (χ0) is 19.8. The first-order valence-corrected chi connectivity index (χ1v) is 10.7. The molecule has 0 aromatic carbocycles. The van der Waals surface area contributed by atoms with Gasteiger partial charge in [0.2, 0.25) is 16.8 Å². The van der Waals surface area contributed by atoms with Crippen molar-refractivity contribution in [1.29, 1.82) is 0 Å². The number of hydrogen-bond acceptors (Lipinski definition) is 5. The first kappa shape index (κ1) is 19.9. The SMILES string of the molecule is CC1(C)CCC(NC(=O)C2CCCN2S(=O)(=O)c2ccc(C(=O)O)o2)CC1. The lowest BCUT2D eigenvalue weighted by Crippen LogP contribution is -2.49. The van der Waals surface area contributed by atoms with Crippen LogP contribution in [0.5, 0.6) is 0 Å². The number of carboxylic acids is 1. The Morgan fingerprint density at radius 2 is 1.89 bits per heavy atom. The van der Waals surface area contributed by atoms with Crippen LogP contribution in [0.15, 0.2) is 21.6 Å². The van der Waals surface area contributed by atoms with Crippen molar-refractivity contribution in [1.82, 2.24) is 9.62 Å². The molecule has 0 bridgehead atoms. The van der Waals surface area contributed by atoms with Crippen LogP contribution in [0, 0.1) is 5.41 Å². The molecule has 1 unspecified atom stereocenters. The molecule has 2 fully saturated rings. The highest BCUT2D eigenvalue weighted by molar-refractivity contribution is 7.89. The molecular weight excluding hydrogens is 372 g/mol. The van der Waals surface area contributed by atoms with Gasteiger partial charge in [-0.25, -0.2) is 13.2 Å². The normalized spacial score (nSPS) is 24.0. The Labute approximate surface area is 159 Å². The Morgan fingerprint density at radius 3 is 2.48 bits per heavy atom. The number of sulfonamides is 1. The molecule has 150 valence electrons. The van der Waals surface area contributed by atoms with Gasteiger partial charge in [-0.1, -0.05) is 13.8 Å². The fourth-order valence-corrected chi connectivity index (χ4v) is 5.39. The van der Waals surface area contributed by atoms with Crippen molar-refractivity contribution in [3.63, 3.8) is 0 Å². The van der Waals surface area contributed by atoms with Crippen molar-refractivity contribution in [2.24, 2.45) is 5.41 Å². The summed E-state index contributed by atoms with van der Waals surface area (Å²) in [5.41, 5.74) is 0.283. The number of carbonyl (C=O) groups is 2. The summed E-state index contributed by atoms with van der Waals surface area (Å²) in [6, 6.07) is 1.50. The van der Waals surface area contributed by atoms with Crippen molar-refractivity contribution in [3.05, 3.63) is 17.9 Å². The van der Waals surface area contributed by atoms with Gasteiger partial charge in [0.25, 0.3) is 10.0 Å². The van der Waals surface area contributed by atoms with E-state index in [0.29, 0.717) is 12.8 Å². The minimum atomic E-state index is -4.06. The predicted octanol–water partition coefficient (Wildman–Crippen LogP) is 2.22. The Balaban J connectivity index is 1.70. The van der Waals surface area contributed by atoms with Gasteiger partial charge in [0.05, 0.1) is 0 Å². The van der Waals surface area contributed by atoms with Crippen molar-refractivity contribution in [2.75, 3.05) is 6.54 Å². The van der Waals surface area contributed by atoms with Gasteiger partial charge in [-0.05, 0) is 56.1 Å². The minimum Gasteiger partial charge on any atom is -0.475 e. The number of amides is 1. The first-order valence-electron chi connectivity index (χ1n) is 9.25. The number of nitrogens with one attached hydrogen (secondary N) is 1. The number of furan rings is 1. The Morgan fingerprint density at radius 1 is 1.22 bits per heavy atom. The number of hydrogen-bond donors (Lipinski definition) is 2. The topological polar surface area (TPSA) is 117 Å². The Bertz CT molecular complexity index is 819. The number of carboxylic acid groups (broad SMARTS) is 1. The monoisotopic (exact) mass is 398 g/mol. The van der Waals surface area contributed by atoms with Gasteiger partial charge < -0.3 is 14.8 Å². The first-order chi connectivity index (χ1) is 12.6. The average Bonchev–Trinajstić information content (AvgIpc) is 3.26. The van der Waals surface area contributed by atoms with Crippen LogP contribution in [0.25, 0.3) is 0 Å². The Hall–Kier alpha value is -1.87. The van der Waals surface area contributed by atoms with Crippen LogP contribution in [-0.2, 0) is 14.8 Å². The van der Waals surface area contributed by atoms with Gasteiger partial charge in [-0.2, -0.15) is 4.31 Å². The second-order valence-corrected chi connectivity index (χ2v) is 9.97. The van der Waals surface area contributed by atoms with Crippen molar-refractivity contribution < 1.29 is 27.5 Å². The molecule has 0 spiro atoms. The molecule has 1 saturated carbocycles. The largest absolute Gasteiger partial charge is 0.475 e. The third-order valence-electron chi connectivity index (χ3n) is 5.55. The number of nitrogens with zero attached hydrogens (tertiary/aromatic N) is 1. The molecule has 0 radical (unpaired) electrons. The Kier molecular flexibility index (Phi) is 5.36. The maximum Gasteiger partial charge on any atom is 0.371 e. The minimum absolute atomic E-state index is 0.0675. The lowest BCUT2D eigenvalue weighted by Gasteiger charge is -2.35. The van der Waals surface area contributed by atoms with E-state index in [1.54, 1.807) is 0 Å². The van der Waals surface area contributed by atoms with Gasteiger partial charge >= 0.3 is 5.97 Å². The summed E-state index contributed by atoms with van der Waals surface area (Å²) in [5, 5.41) is 11.5. The highest BCUT2D eigenvalue weighted by atomic mass is 32.2. The van der Waals surface area contributed by atoms with Crippen molar-refractivity contribution >= 4 is 21.9 Å². The standard InChI is InChI=1S/C18H26N2O6S/c1-18(2)9-7-12(8-10-18)19-16(21)13-4-3-11-20(13)27(24,25)15-6-5-14(26-15)17(22)23/h5-6,12-13H,3-4,7-11H2,1-2H3,(H,19,21)(H,22,23). The zero-order valence-corrected chi connectivity index (χ0v) is 16.4. The van der Waals surface area contributed by atoms with Crippen molar-refractivity contribution in [2.45, 2.75) is 69.5 Å². The molecule has 1 aromatic rings. The maximum absolute atomic E-state index is 12.8. The third-order valence-corrected chi connectivity index (χ3v) is 7.33. The molecule has 1 saturated heterocycles. The molecule has 2 aliphatic rings. The molecule has 1 atom stereocenters. The molecule has 3 rings (SSSR count). The molecule has 27 heavy (non-hydrogen) atoms. The van der Waals surface area contributed by atoms with E-state index in [2.05, 4.69) is 19.2 Å². The maximum atomic E-state index is 12.8. The van der Waals surface area contributed by atoms with Gasteiger partial charge in [0.1, 0.15) is 6.04 Å².